The summed E-state index contributed by atoms with van der Waals surface area (Å²) in [5.41, 5.74) is 7.39. The SMILES string of the molecule is CC[C@@H](N[S@](=O)C(C)(C)C)c1ccc(Cl)c(Oc2nc3cc(N)ccc3s2)c1F. The second kappa shape index (κ2) is 8.55. The molecule has 0 bridgehead atoms. The maximum atomic E-state index is 15.3. The molecule has 5 nitrogen and oxygen atoms in total. The predicted octanol–water partition coefficient (Wildman–Crippen LogP) is 5.97. The topological polar surface area (TPSA) is 77.2 Å². The highest BCUT2D eigenvalue weighted by molar-refractivity contribution is 7.84. The molecule has 0 fully saturated rings. The van der Waals surface area contributed by atoms with E-state index in [1.165, 1.54) is 11.3 Å². The average molecular weight is 456 g/mol. The van der Waals surface area contributed by atoms with Gasteiger partial charge in [-0.15, -0.1) is 0 Å². The number of nitrogen functional groups attached to an aromatic ring is 1. The summed E-state index contributed by atoms with van der Waals surface area (Å²) in [6, 6.07) is 8.04. The van der Waals surface area contributed by atoms with E-state index < -0.39 is 27.6 Å². The van der Waals surface area contributed by atoms with Crippen LogP contribution < -0.4 is 15.2 Å². The van der Waals surface area contributed by atoms with E-state index in [9.17, 15) is 4.21 Å². The van der Waals surface area contributed by atoms with E-state index in [1.807, 2.05) is 33.8 Å². The zero-order valence-corrected chi connectivity index (χ0v) is 19.0. The number of hydrogen-bond donors (Lipinski definition) is 2. The molecule has 0 radical (unpaired) electrons. The van der Waals surface area contributed by atoms with Crippen LogP contribution in [-0.4, -0.2) is 13.9 Å². The molecule has 0 aliphatic heterocycles. The van der Waals surface area contributed by atoms with Crippen molar-refractivity contribution in [2.24, 2.45) is 0 Å². The summed E-state index contributed by atoms with van der Waals surface area (Å²) in [5, 5.41) is 0.402. The number of rotatable bonds is 6. The number of hydrogen-bond acceptors (Lipinski definition) is 5. The lowest BCUT2D eigenvalue weighted by Crippen LogP contribution is -2.35. The van der Waals surface area contributed by atoms with Crippen molar-refractivity contribution in [3.63, 3.8) is 0 Å². The Morgan fingerprint density at radius 2 is 2.07 bits per heavy atom. The number of halogens is 2. The van der Waals surface area contributed by atoms with Gasteiger partial charge in [0.25, 0.3) is 5.19 Å². The standard InChI is InChI=1S/C20H23ClFN3O2S2/c1-5-14(25-29(26)20(2,3)4)12-7-8-13(21)18(17(12)22)27-19-24-15-10-11(23)6-9-16(15)28-19/h6-10,14,25H,5,23H2,1-4H3/t14-,29-/m1/s1. The summed E-state index contributed by atoms with van der Waals surface area (Å²) >= 11 is 7.49. The normalized spacial score (nSPS) is 14.1. The Balaban J connectivity index is 1.94. The highest BCUT2D eigenvalue weighted by Crippen LogP contribution is 2.39. The van der Waals surface area contributed by atoms with Crippen LogP contribution in [0.2, 0.25) is 5.02 Å². The molecule has 3 aromatic rings. The molecular weight excluding hydrogens is 433 g/mol. The minimum Gasteiger partial charge on any atom is -0.426 e. The first-order valence-corrected chi connectivity index (χ1v) is 11.4. The first-order valence-electron chi connectivity index (χ1n) is 9.10. The Morgan fingerprint density at radius 3 is 2.72 bits per heavy atom. The number of nitrogens with one attached hydrogen (secondary N) is 1. The molecule has 1 heterocycles. The van der Waals surface area contributed by atoms with Crippen molar-refractivity contribution < 1.29 is 13.3 Å². The number of thiazole rings is 1. The van der Waals surface area contributed by atoms with Gasteiger partial charge in [-0.1, -0.05) is 35.9 Å². The van der Waals surface area contributed by atoms with E-state index in [0.29, 0.717) is 23.2 Å². The number of aromatic nitrogens is 1. The fourth-order valence-electron chi connectivity index (χ4n) is 2.64. The Hall–Kier alpha value is -1.74. The Labute approximate surface area is 181 Å². The Morgan fingerprint density at radius 1 is 1.34 bits per heavy atom. The third-order valence-electron chi connectivity index (χ3n) is 4.25. The lowest BCUT2D eigenvalue weighted by atomic mass is 10.0. The maximum absolute atomic E-state index is 15.3. The van der Waals surface area contributed by atoms with Gasteiger partial charge in [-0.05, 0) is 51.5 Å². The third-order valence-corrected chi connectivity index (χ3v) is 7.07. The first kappa shape index (κ1) is 22.0. The fraction of sp³-hybridized carbons (Fsp3) is 0.350. The van der Waals surface area contributed by atoms with Crippen molar-refractivity contribution in [2.45, 2.75) is 44.9 Å². The highest BCUT2D eigenvalue weighted by atomic mass is 35.5. The van der Waals surface area contributed by atoms with E-state index in [2.05, 4.69) is 9.71 Å². The number of fused-ring (bicyclic) bond motifs is 1. The monoisotopic (exact) mass is 455 g/mol. The van der Waals surface area contributed by atoms with Gasteiger partial charge in [0.1, 0.15) is 0 Å². The molecule has 9 heteroatoms. The summed E-state index contributed by atoms with van der Waals surface area (Å²) in [4.78, 5) is 4.35. The van der Waals surface area contributed by atoms with Crippen LogP contribution in [0.25, 0.3) is 10.2 Å². The van der Waals surface area contributed by atoms with Gasteiger partial charge in [0.2, 0.25) is 0 Å². The number of ether oxygens (including phenoxy) is 1. The Bertz CT molecular complexity index is 1070. The molecule has 3 rings (SSSR count). The number of benzene rings is 2. The van der Waals surface area contributed by atoms with Gasteiger partial charge in [-0.25, -0.2) is 18.3 Å². The van der Waals surface area contributed by atoms with Crippen molar-refractivity contribution in [3.8, 4) is 10.9 Å². The van der Waals surface area contributed by atoms with Crippen LogP contribution in [0.3, 0.4) is 0 Å². The minimum atomic E-state index is -1.35. The molecule has 0 saturated heterocycles. The number of nitrogens with zero attached hydrogens (tertiary/aromatic N) is 1. The van der Waals surface area contributed by atoms with Crippen molar-refractivity contribution in [1.82, 2.24) is 9.71 Å². The zero-order chi connectivity index (χ0) is 21.3. The zero-order valence-electron chi connectivity index (χ0n) is 16.6. The van der Waals surface area contributed by atoms with Crippen LogP contribution >= 0.6 is 22.9 Å². The van der Waals surface area contributed by atoms with E-state index in [-0.39, 0.29) is 16.0 Å². The summed E-state index contributed by atoms with van der Waals surface area (Å²) in [5.74, 6) is -0.695. The van der Waals surface area contributed by atoms with Gasteiger partial charge >= 0.3 is 0 Å². The van der Waals surface area contributed by atoms with Gasteiger partial charge in [0.15, 0.2) is 11.6 Å². The van der Waals surface area contributed by atoms with E-state index in [1.54, 1.807) is 24.3 Å². The lowest BCUT2D eigenvalue weighted by molar-refractivity contribution is 0.431. The molecule has 3 N–H and O–H groups in total. The van der Waals surface area contributed by atoms with Gasteiger partial charge in [0.05, 0.1) is 31.0 Å². The molecule has 0 aliphatic carbocycles. The molecule has 2 atom stereocenters. The first-order chi connectivity index (χ1) is 13.6. The second-order valence-corrected chi connectivity index (χ2v) is 10.9. The molecule has 0 unspecified atom stereocenters. The highest BCUT2D eigenvalue weighted by Gasteiger charge is 2.26. The largest absolute Gasteiger partial charge is 0.426 e. The van der Waals surface area contributed by atoms with Crippen molar-refractivity contribution in [1.29, 1.82) is 0 Å². The van der Waals surface area contributed by atoms with Gasteiger partial charge in [0, 0.05) is 17.3 Å². The van der Waals surface area contributed by atoms with Crippen molar-refractivity contribution in [3.05, 3.63) is 46.7 Å². The van der Waals surface area contributed by atoms with Crippen molar-refractivity contribution >= 4 is 49.8 Å². The third kappa shape index (κ3) is 4.88. The quantitative estimate of drug-likeness (QED) is 0.449. The molecule has 2 aromatic carbocycles. The number of anilines is 1. The molecule has 0 saturated carbocycles. The average Bonchev–Trinajstić information content (AvgIpc) is 3.04. The summed E-state index contributed by atoms with van der Waals surface area (Å²) < 4.78 is 37.0. The smallest absolute Gasteiger partial charge is 0.279 e. The van der Waals surface area contributed by atoms with Crippen LogP contribution in [0.15, 0.2) is 30.3 Å². The summed E-state index contributed by atoms with van der Waals surface area (Å²) in [7, 11) is -1.35. The van der Waals surface area contributed by atoms with Gasteiger partial charge in [-0.3, -0.25) is 0 Å². The molecule has 1 aromatic heterocycles. The van der Waals surface area contributed by atoms with E-state index >= 15 is 4.39 Å². The molecule has 0 spiro atoms. The Kier molecular flexibility index (Phi) is 6.48. The maximum Gasteiger partial charge on any atom is 0.279 e. The van der Waals surface area contributed by atoms with Crippen molar-refractivity contribution in [2.75, 3.05) is 5.73 Å². The van der Waals surface area contributed by atoms with Gasteiger partial charge in [-0.2, -0.15) is 0 Å². The molecule has 29 heavy (non-hydrogen) atoms. The van der Waals surface area contributed by atoms with Crippen LogP contribution in [0.4, 0.5) is 10.1 Å². The fourth-order valence-corrected chi connectivity index (χ4v) is 4.53. The predicted molar refractivity (Wildman–Crippen MR) is 120 cm³/mol. The van der Waals surface area contributed by atoms with Crippen LogP contribution in [-0.2, 0) is 11.0 Å². The van der Waals surface area contributed by atoms with Crippen LogP contribution in [0.1, 0.15) is 45.7 Å². The summed E-state index contributed by atoms with van der Waals surface area (Å²) in [6.07, 6.45) is 0.542. The van der Waals surface area contributed by atoms with E-state index in [4.69, 9.17) is 22.1 Å². The lowest BCUT2D eigenvalue weighted by Gasteiger charge is -2.24. The number of nitrogens with two attached hydrogens (primary N) is 1. The molecular formula is C20H23ClFN3O2S2. The molecule has 0 amide bonds. The van der Waals surface area contributed by atoms with Crippen LogP contribution in [0, 0.1) is 5.82 Å². The summed E-state index contributed by atoms with van der Waals surface area (Å²) in [6.45, 7) is 7.46. The van der Waals surface area contributed by atoms with Gasteiger partial charge < -0.3 is 10.5 Å². The van der Waals surface area contributed by atoms with Crippen LogP contribution in [0.5, 0.6) is 10.9 Å². The molecule has 156 valence electrons. The minimum absolute atomic E-state index is 0.0991. The molecule has 0 aliphatic rings. The second-order valence-electron chi connectivity index (χ2n) is 7.55. The van der Waals surface area contributed by atoms with E-state index in [0.717, 1.165) is 4.70 Å².